The van der Waals surface area contributed by atoms with Crippen molar-refractivity contribution < 1.29 is 19.8 Å². The van der Waals surface area contributed by atoms with E-state index in [-0.39, 0.29) is 19.1 Å². The maximum atomic E-state index is 12.1. The van der Waals surface area contributed by atoms with Gasteiger partial charge in [-0.2, -0.15) is 0 Å². The number of carboxylic acids is 1. The minimum Gasteiger partial charge on any atom is -0.481 e. The Morgan fingerprint density at radius 3 is 2.32 bits per heavy atom. The van der Waals surface area contributed by atoms with Gasteiger partial charge in [0.15, 0.2) is 0 Å². The Labute approximate surface area is 112 Å². The van der Waals surface area contributed by atoms with Crippen LogP contribution >= 0.6 is 0 Å². The molecule has 6 nitrogen and oxygen atoms in total. The molecule has 108 valence electrons. The standard InChI is InChI=1S/C13H22N2O4/c16-9-10-2-6-15(7-3-10)12(19)14-13(4-1-5-13)8-11(17)18/h10,16H,1-9H2,(H,14,19)(H,17,18). The second kappa shape index (κ2) is 5.77. The number of aliphatic hydroxyl groups is 1. The Balaban J connectivity index is 1.85. The van der Waals surface area contributed by atoms with Gasteiger partial charge in [0, 0.05) is 19.7 Å². The molecule has 2 amide bonds. The van der Waals surface area contributed by atoms with Crippen LogP contribution in [0, 0.1) is 5.92 Å². The van der Waals surface area contributed by atoms with Gasteiger partial charge in [0.1, 0.15) is 0 Å². The van der Waals surface area contributed by atoms with Gasteiger partial charge in [-0.25, -0.2) is 4.79 Å². The zero-order chi connectivity index (χ0) is 13.9. The van der Waals surface area contributed by atoms with E-state index >= 15 is 0 Å². The van der Waals surface area contributed by atoms with Crippen LogP contribution in [-0.2, 0) is 4.79 Å². The molecule has 0 aromatic heterocycles. The number of hydrogen-bond acceptors (Lipinski definition) is 3. The van der Waals surface area contributed by atoms with Crippen LogP contribution in [0.1, 0.15) is 38.5 Å². The van der Waals surface area contributed by atoms with Crippen LogP contribution in [-0.4, -0.2) is 52.3 Å². The van der Waals surface area contributed by atoms with Crippen LogP contribution < -0.4 is 5.32 Å². The van der Waals surface area contributed by atoms with Crippen LogP contribution in [0.2, 0.25) is 0 Å². The van der Waals surface area contributed by atoms with Gasteiger partial charge in [-0.05, 0) is 38.0 Å². The Bertz CT molecular complexity index is 347. The fourth-order valence-electron chi connectivity index (χ4n) is 2.86. The van der Waals surface area contributed by atoms with E-state index in [2.05, 4.69) is 5.32 Å². The summed E-state index contributed by atoms with van der Waals surface area (Å²) in [6.07, 6.45) is 4.11. The number of carbonyl (C=O) groups excluding carboxylic acids is 1. The molecule has 1 saturated carbocycles. The average molecular weight is 270 g/mol. The molecule has 2 rings (SSSR count). The molecule has 0 bridgehead atoms. The van der Waals surface area contributed by atoms with E-state index < -0.39 is 11.5 Å². The fourth-order valence-corrected chi connectivity index (χ4v) is 2.86. The normalized spacial score (nSPS) is 22.7. The molecule has 0 spiro atoms. The van der Waals surface area contributed by atoms with Gasteiger partial charge in [-0.15, -0.1) is 0 Å². The Morgan fingerprint density at radius 2 is 1.89 bits per heavy atom. The van der Waals surface area contributed by atoms with Crippen molar-refractivity contribution >= 4 is 12.0 Å². The minimum atomic E-state index is -0.862. The van der Waals surface area contributed by atoms with Crippen molar-refractivity contribution in [3.8, 4) is 0 Å². The highest BCUT2D eigenvalue weighted by atomic mass is 16.4. The lowest BCUT2D eigenvalue weighted by Gasteiger charge is -2.43. The number of amides is 2. The van der Waals surface area contributed by atoms with Crippen LogP contribution in [0.4, 0.5) is 4.79 Å². The molecule has 1 heterocycles. The van der Waals surface area contributed by atoms with Gasteiger partial charge in [0.25, 0.3) is 0 Å². The molecule has 0 aromatic carbocycles. The molecule has 2 aliphatic rings. The predicted octanol–water partition coefficient (Wildman–Crippen LogP) is 0.798. The summed E-state index contributed by atoms with van der Waals surface area (Å²) in [5.74, 6) is -0.570. The van der Waals surface area contributed by atoms with E-state index in [0.29, 0.717) is 19.0 Å². The van der Waals surface area contributed by atoms with Crippen molar-refractivity contribution in [2.45, 2.75) is 44.1 Å². The number of aliphatic carboxylic acids is 1. The monoisotopic (exact) mass is 270 g/mol. The smallest absolute Gasteiger partial charge is 0.317 e. The molecule has 0 atom stereocenters. The van der Waals surface area contributed by atoms with Gasteiger partial charge in [0.05, 0.1) is 12.0 Å². The molecule has 1 saturated heterocycles. The molecule has 3 N–H and O–H groups in total. The van der Waals surface area contributed by atoms with E-state index in [1.807, 2.05) is 0 Å². The molecule has 19 heavy (non-hydrogen) atoms. The maximum Gasteiger partial charge on any atom is 0.317 e. The SMILES string of the molecule is O=C(O)CC1(NC(=O)N2CCC(CO)CC2)CCC1. The fraction of sp³-hybridized carbons (Fsp3) is 0.846. The number of nitrogens with zero attached hydrogens (tertiary/aromatic N) is 1. The van der Waals surface area contributed by atoms with Crippen LogP contribution in [0.25, 0.3) is 0 Å². The lowest BCUT2D eigenvalue weighted by molar-refractivity contribution is -0.139. The van der Waals surface area contributed by atoms with Crippen molar-refractivity contribution in [1.82, 2.24) is 10.2 Å². The zero-order valence-electron chi connectivity index (χ0n) is 11.1. The zero-order valence-corrected chi connectivity index (χ0v) is 11.1. The van der Waals surface area contributed by atoms with E-state index in [4.69, 9.17) is 10.2 Å². The number of aliphatic hydroxyl groups excluding tert-OH is 1. The predicted molar refractivity (Wildman–Crippen MR) is 68.7 cm³/mol. The number of urea groups is 1. The highest BCUT2D eigenvalue weighted by Crippen LogP contribution is 2.35. The molecule has 0 aromatic rings. The van der Waals surface area contributed by atoms with Crippen molar-refractivity contribution in [2.75, 3.05) is 19.7 Å². The summed E-state index contributed by atoms with van der Waals surface area (Å²) >= 11 is 0. The molecule has 0 unspecified atom stereocenters. The summed E-state index contributed by atoms with van der Waals surface area (Å²) in [7, 11) is 0. The van der Waals surface area contributed by atoms with Crippen LogP contribution in [0.5, 0.6) is 0 Å². The van der Waals surface area contributed by atoms with E-state index in [9.17, 15) is 9.59 Å². The van der Waals surface area contributed by atoms with E-state index in [0.717, 1.165) is 32.1 Å². The topological polar surface area (TPSA) is 89.9 Å². The minimum absolute atomic E-state index is 0.00580. The molecule has 2 fully saturated rings. The van der Waals surface area contributed by atoms with Gasteiger partial charge in [-0.1, -0.05) is 0 Å². The number of rotatable bonds is 4. The third-order valence-corrected chi connectivity index (χ3v) is 4.33. The quantitative estimate of drug-likeness (QED) is 0.704. The highest BCUT2D eigenvalue weighted by Gasteiger charge is 2.41. The van der Waals surface area contributed by atoms with Crippen molar-refractivity contribution in [3.63, 3.8) is 0 Å². The number of likely N-dealkylation sites (tertiary alicyclic amines) is 1. The van der Waals surface area contributed by atoms with Crippen LogP contribution in [0.3, 0.4) is 0 Å². The molecular weight excluding hydrogens is 248 g/mol. The molecule has 6 heteroatoms. The third kappa shape index (κ3) is 3.37. The highest BCUT2D eigenvalue weighted by molar-refractivity contribution is 5.77. The summed E-state index contributed by atoms with van der Waals surface area (Å²) in [4.78, 5) is 24.7. The average Bonchev–Trinajstić information content (AvgIpc) is 2.35. The van der Waals surface area contributed by atoms with Crippen LogP contribution in [0.15, 0.2) is 0 Å². The summed E-state index contributed by atoms with van der Waals surface area (Å²) < 4.78 is 0. The maximum absolute atomic E-state index is 12.1. The Morgan fingerprint density at radius 1 is 1.26 bits per heavy atom. The number of carboxylic acid groups (broad SMARTS) is 1. The Hall–Kier alpha value is -1.30. The number of nitrogens with one attached hydrogen (secondary N) is 1. The number of hydrogen-bond donors (Lipinski definition) is 3. The van der Waals surface area contributed by atoms with Crippen molar-refractivity contribution in [2.24, 2.45) is 5.92 Å². The summed E-state index contributed by atoms with van der Waals surface area (Å²) in [6, 6.07) is -0.155. The first-order valence-electron chi connectivity index (χ1n) is 6.94. The third-order valence-electron chi connectivity index (χ3n) is 4.33. The largest absolute Gasteiger partial charge is 0.481 e. The summed E-state index contributed by atoms with van der Waals surface area (Å²) in [5.41, 5.74) is -0.531. The van der Waals surface area contributed by atoms with Gasteiger partial charge in [-0.3, -0.25) is 4.79 Å². The molecule has 1 aliphatic heterocycles. The summed E-state index contributed by atoms with van der Waals surface area (Å²) in [6.45, 7) is 1.46. The number of carbonyl (C=O) groups is 2. The van der Waals surface area contributed by atoms with Crippen molar-refractivity contribution in [3.05, 3.63) is 0 Å². The first-order valence-corrected chi connectivity index (χ1v) is 6.94. The lowest BCUT2D eigenvalue weighted by Crippen LogP contribution is -2.58. The van der Waals surface area contributed by atoms with E-state index in [1.54, 1.807) is 4.90 Å². The van der Waals surface area contributed by atoms with E-state index in [1.165, 1.54) is 0 Å². The van der Waals surface area contributed by atoms with Crippen molar-refractivity contribution in [1.29, 1.82) is 0 Å². The molecular formula is C13H22N2O4. The number of piperidine rings is 1. The Kier molecular flexibility index (Phi) is 4.29. The van der Waals surface area contributed by atoms with Gasteiger partial charge in [0.2, 0.25) is 0 Å². The first kappa shape index (κ1) is 14.1. The first-order chi connectivity index (χ1) is 9.04. The lowest BCUT2D eigenvalue weighted by atomic mass is 9.74. The summed E-state index contributed by atoms with van der Waals surface area (Å²) in [5, 5.41) is 20.9. The second-order valence-corrected chi connectivity index (χ2v) is 5.75. The molecule has 1 aliphatic carbocycles. The second-order valence-electron chi connectivity index (χ2n) is 5.75. The van der Waals surface area contributed by atoms with Gasteiger partial charge < -0.3 is 20.4 Å². The molecule has 0 radical (unpaired) electrons. The van der Waals surface area contributed by atoms with Gasteiger partial charge >= 0.3 is 12.0 Å².